The van der Waals surface area contributed by atoms with Crippen molar-refractivity contribution in [2.24, 2.45) is 0 Å². The van der Waals surface area contributed by atoms with Gasteiger partial charge in [-0.25, -0.2) is 0 Å². The van der Waals surface area contributed by atoms with E-state index >= 15 is 0 Å². The predicted molar refractivity (Wildman–Crippen MR) is 77.5 cm³/mol. The summed E-state index contributed by atoms with van der Waals surface area (Å²) < 4.78 is 0. The van der Waals surface area contributed by atoms with Crippen LogP contribution in [0.3, 0.4) is 0 Å². The fourth-order valence-electron chi connectivity index (χ4n) is 1.63. The number of halogens is 1. The minimum absolute atomic E-state index is 0.0200. The third-order valence-electron chi connectivity index (χ3n) is 2.69. The second-order valence-corrected chi connectivity index (χ2v) is 5.36. The summed E-state index contributed by atoms with van der Waals surface area (Å²) in [6.45, 7) is 1.95. The summed E-state index contributed by atoms with van der Waals surface area (Å²) >= 11 is 7.56. The van der Waals surface area contributed by atoms with Crippen LogP contribution in [-0.2, 0) is 11.2 Å². The smallest absolute Gasteiger partial charge is 0.224 e. The number of carbonyl (C=O) groups is 1. The van der Waals surface area contributed by atoms with Crippen molar-refractivity contribution in [2.45, 2.75) is 19.8 Å². The number of hydrogen-bond acceptors (Lipinski definition) is 2. The predicted octanol–water partition coefficient (Wildman–Crippen LogP) is 4.28. The van der Waals surface area contributed by atoms with E-state index in [4.69, 9.17) is 11.6 Å². The number of benzene rings is 1. The van der Waals surface area contributed by atoms with Crippen molar-refractivity contribution in [2.75, 3.05) is 5.32 Å². The summed E-state index contributed by atoms with van der Waals surface area (Å²) in [5, 5.41) is 7.62. The first-order valence-corrected chi connectivity index (χ1v) is 7.04. The minimum atomic E-state index is 0.0200. The lowest BCUT2D eigenvalue weighted by Crippen LogP contribution is -2.13. The zero-order valence-electron chi connectivity index (χ0n) is 10.1. The molecule has 2 nitrogen and oxygen atoms in total. The van der Waals surface area contributed by atoms with Gasteiger partial charge in [0.05, 0.1) is 0 Å². The number of rotatable bonds is 4. The topological polar surface area (TPSA) is 29.1 Å². The molecule has 0 radical (unpaired) electrons. The van der Waals surface area contributed by atoms with Crippen LogP contribution in [0.2, 0.25) is 5.02 Å². The molecule has 0 fully saturated rings. The van der Waals surface area contributed by atoms with Gasteiger partial charge in [-0.3, -0.25) is 4.79 Å². The molecule has 0 spiro atoms. The highest BCUT2D eigenvalue weighted by Gasteiger charge is 2.06. The maximum Gasteiger partial charge on any atom is 0.224 e. The summed E-state index contributed by atoms with van der Waals surface area (Å²) in [6, 6.07) is 7.54. The second kappa shape index (κ2) is 6.03. The Kier molecular flexibility index (Phi) is 4.39. The largest absolute Gasteiger partial charge is 0.326 e. The molecule has 0 saturated carbocycles. The molecule has 1 N–H and O–H groups in total. The van der Waals surface area contributed by atoms with Crippen LogP contribution in [0.4, 0.5) is 5.69 Å². The van der Waals surface area contributed by atoms with E-state index in [-0.39, 0.29) is 5.91 Å². The molecule has 1 amide bonds. The van der Waals surface area contributed by atoms with Gasteiger partial charge in [-0.15, -0.1) is 0 Å². The number of aryl methyl sites for hydroxylation is 2. The summed E-state index contributed by atoms with van der Waals surface area (Å²) in [5.74, 6) is 0.0200. The normalized spacial score (nSPS) is 10.3. The highest BCUT2D eigenvalue weighted by atomic mass is 35.5. The summed E-state index contributed by atoms with van der Waals surface area (Å²) in [7, 11) is 0. The van der Waals surface area contributed by atoms with Gasteiger partial charge < -0.3 is 5.32 Å². The molecule has 0 atom stereocenters. The molecule has 0 saturated heterocycles. The van der Waals surface area contributed by atoms with Crippen LogP contribution in [0.1, 0.15) is 17.5 Å². The van der Waals surface area contributed by atoms with Crippen LogP contribution < -0.4 is 5.32 Å². The molecule has 2 aromatic rings. The molecule has 1 aromatic carbocycles. The molecule has 18 heavy (non-hydrogen) atoms. The third kappa shape index (κ3) is 3.59. The van der Waals surface area contributed by atoms with Crippen molar-refractivity contribution in [3.05, 3.63) is 51.2 Å². The molecular formula is C14H14ClNOS. The third-order valence-corrected chi connectivity index (χ3v) is 3.66. The molecule has 0 unspecified atom stereocenters. The zero-order valence-corrected chi connectivity index (χ0v) is 11.6. The average molecular weight is 280 g/mol. The number of hydrogen-bond donors (Lipinski definition) is 1. The molecule has 0 aliphatic carbocycles. The number of carbonyl (C=O) groups excluding carboxylic acids is 1. The van der Waals surface area contributed by atoms with Crippen LogP contribution in [0.25, 0.3) is 0 Å². The standard InChI is InChI=1S/C14H14ClNOS/c1-10-2-4-12(15)8-13(10)16-14(17)5-3-11-6-7-18-9-11/h2,4,6-9H,3,5H2,1H3,(H,16,17). The van der Waals surface area contributed by atoms with Crippen LogP contribution in [0.5, 0.6) is 0 Å². The Morgan fingerprint density at radius 1 is 1.39 bits per heavy atom. The quantitative estimate of drug-likeness (QED) is 0.889. The summed E-state index contributed by atoms with van der Waals surface area (Å²) in [6.07, 6.45) is 1.26. The Balaban J connectivity index is 1.92. The molecule has 0 aliphatic heterocycles. The monoisotopic (exact) mass is 279 g/mol. The van der Waals surface area contributed by atoms with Crippen LogP contribution in [0.15, 0.2) is 35.0 Å². The van der Waals surface area contributed by atoms with Gasteiger partial charge in [-0.1, -0.05) is 17.7 Å². The van der Waals surface area contributed by atoms with Gasteiger partial charge in [0.25, 0.3) is 0 Å². The Hall–Kier alpha value is -1.32. The lowest BCUT2D eigenvalue weighted by molar-refractivity contribution is -0.116. The van der Waals surface area contributed by atoms with Crippen molar-refractivity contribution in [3.63, 3.8) is 0 Å². The Labute approximate surface area is 116 Å². The number of amides is 1. The van der Waals surface area contributed by atoms with Gasteiger partial charge in [0.1, 0.15) is 0 Å². The molecule has 1 aromatic heterocycles. The molecule has 1 heterocycles. The van der Waals surface area contributed by atoms with E-state index in [9.17, 15) is 4.79 Å². The van der Waals surface area contributed by atoms with Crippen molar-refractivity contribution < 1.29 is 4.79 Å². The van der Waals surface area contributed by atoms with E-state index < -0.39 is 0 Å². The van der Waals surface area contributed by atoms with Gasteiger partial charge in [0, 0.05) is 17.1 Å². The highest BCUT2D eigenvalue weighted by Crippen LogP contribution is 2.20. The van der Waals surface area contributed by atoms with Crippen LogP contribution in [-0.4, -0.2) is 5.91 Å². The molecule has 2 rings (SSSR count). The van der Waals surface area contributed by atoms with E-state index in [0.717, 1.165) is 17.7 Å². The summed E-state index contributed by atoms with van der Waals surface area (Å²) in [4.78, 5) is 11.8. The van der Waals surface area contributed by atoms with Gasteiger partial charge in [0.15, 0.2) is 0 Å². The lowest BCUT2D eigenvalue weighted by atomic mass is 10.1. The van der Waals surface area contributed by atoms with Gasteiger partial charge >= 0.3 is 0 Å². The van der Waals surface area contributed by atoms with E-state index in [1.165, 1.54) is 5.56 Å². The molecular weight excluding hydrogens is 266 g/mol. The molecule has 94 valence electrons. The minimum Gasteiger partial charge on any atom is -0.326 e. The zero-order chi connectivity index (χ0) is 13.0. The first kappa shape index (κ1) is 13.1. The van der Waals surface area contributed by atoms with E-state index in [2.05, 4.69) is 10.7 Å². The fourth-order valence-corrected chi connectivity index (χ4v) is 2.51. The molecule has 4 heteroatoms. The van der Waals surface area contributed by atoms with Gasteiger partial charge in [0.2, 0.25) is 5.91 Å². The number of nitrogens with one attached hydrogen (secondary N) is 1. The Morgan fingerprint density at radius 2 is 2.22 bits per heavy atom. The van der Waals surface area contributed by atoms with E-state index in [1.54, 1.807) is 17.4 Å². The van der Waals surface area contributed by atoms with Crippen molar-refractivity contribution in [3.8, 4) is 0 Å². The van der Waals surface area contributed by atoms with Gasteiger partial charge in [-0.2, -0.15) is 11.3 Å². The van der Waals surface area contributed by atoms with Crippen molar-refractivity contribution in [1.82, 2.24) is 0 Å². The fraction of sp³-hybridized carbons (Fsp3) is 0.214. The second-order valence-electron chi connectivity index (χ2n) is 4.14. The Bertz CT molecular complexity index is 537. The SMILES string of the molecule is Cc1ccc(Cl)cc1NC(=O)CCc1ccsc1. The Morgan fingerprint density at radius 3 is 2.94 bits per heavy atom. The van der Waals surface area contributed by atoms with E-state index in [0.29, 0.717) is 11.4 Å². The van der Waals surface area contributed by atoms with Crippen molar-refractivity contribution >= 4 is 34.5 Å². The number of thiophene rings is 1. The maximum atomic E-state index is 11.8. The first-order chi connectivity index (χ1) is 8.65. The van der Waals surface area contributed by atoms with Crippen LogP contribution >= 0.6 is 22.9 Å². The number of anilines is 1. The van der Waals surface area contributed by atoms with Gasteiger partial charge in [-0.05, 0) is 53.4 Å². The average Bonchev–Trinajstić information content (AvgIpc) is 2.84. The van der Waals surface area contributed by atoms with Crippen molar-refractivity contribution in [1.29, 1.82) is 0 Å². The first-order valence-electron chi connectivity index (χ1n) is 5.72. The molecule has 0 bridgehead atoms. The molecule has 0 aliphatic rings. The highest BCUT2D eigenvalue weighted by molar-refractivity contribution is 7.07. The van der Waals surface area contributed by atoms with Crippen LogP contribution in [0, 0.1) is 6.92 Å². The summed E-state index contributed by atoms with van der Waals surface area (Å²) in [5.41, 5.74) is 3.01. The van der Waals surface area contributed by atoms with E-state index in [1.807, 2.05) is 30.5 Å². The maximum absolute atomic E-state index is 11.8. The lowest BCUT2D eigenvalue weighted by Gasteiger charge is -2.08.